The molecule has 4 nitrogen and oxygen atoms in total. The summed E-state index contributed by atoms with van der Waals surface area (Å²) in [6, 6.07) is 15.2. The fourth-order valence-electron chi connectivity index (χ4n) is 4.99. The Balaban J connectivity index is 1.66. The molecule has 0 saturated carbocycles. The van der Waals surface area contributed by atoms with E-state index in [0.717, 1.165) is 31.0 Å². The fraction of sp³-hybridized carbons (Fsp3) is 0.481. The van der Waals surface area contributed by atoms with Gasteiger partial charge in [0.25, 0.3) is 0 Å². The maximum absolute atomic E-state index is 5.60. The van der Waals surface area contributed by atoms with Crippen molar-refractivity contribution in [1.29, 1.82) is 0 Å². The van der Waals surface area contributed by atoms with Crippen molar-refractivity contribution in [1.82, 2.24) is 9.88 Å². The first-order valence-corrected chi connectivity index (χ1v) is 11.8. The molecule has 1 aliphatic heterocycles. The van der Waals surface area contributed by atoms with Crippen LogP contribution in [0.25, 0.3) is 10.9 Å². The number of ether oxygens (including phenoxy) is 2. The van der Waals surface area contributed by atoms with E-state index in [4.69, 9.17) is 9.47 Å². The molecule has 0 spiro atoms. The van der Waals surface area contributed by atoms with Crippen molar-refractivity contribution in [2.45, 2.75) is 57.9 Å². The summed E-state index contributed by atoms with van der Waals surface area (Å²) in [5, 5.41) is 1.36. The molecule has 1 unspecified atom stereocenters. The Morgan fingerprint density at radius 1 is 0.935 bits per heavy atom. The number of fused-ring (bicyclic) bond motifs is 3. The van der Waals surface area contributed by atoms with Gasteiger partial charge in [-0.15, -0.1) is 0 Å². The molecule has 0 fully saturated rings. The van der Waals surface area contributed by atoms with Gasteiger partial charge in [0, 0.05) is 29.2 Å². The topological polar surface area (TPSA) is 37.5 Å². The van der Waals surface area contributed by atoms with Crippen LogP contribution < -0.4 is 9.47 Å². The Bertz CT molecular complexity index is 972. The standard InChI is InChI=1S/C27H36N2O2/c1-4-5-6-7-8-11-15-29-16-14-24-23-12-9-10-13-25(23)28-26(24)27(29)20-17-21(30-2)19-22(18-20)31-3/h9-10,12-13,17-19,27-28H,4-8,11,14-16H2,1-3H3. The molecule has 1 N–H and O–H groups in total. The largest absolute Gasteiger partial charge is 0.497 e. The molecule has 2 heterocycles. The smallest absolute Gasteiger partial charge is 0.122 e. The van der Waals surface area contributed by atoms with Gasteiger partial charge < -0.3 is 14.5 Å². The van der Waals surface area contributed by atoms with Crippen LogP contribution in [0.4, 0.5) is 0 Å². The molecule has 0 saturated heterocycles. The Hall–Kier alpha value is -2.46. The van der Waals surface area contributed by atoms with E-state index in [9.17, 15) is 0 Å². The highest BCUT2D eigenvalue weighted by Crippen LogP contribution is 2.40. The second kappa shape index (κ2) is 10.2. The van der Waals surface area contributed by atoms with E-state index in [-0.39, 0.29) is 6.04 Å². The predicted octanol–water partition coefficient (Wildman–Crippen LogP) is 6.49. The van der Waals surface area contributed by atoms with Crippen LogP contribution in [0.3, 0.4) is 0 Å². The number of para-hydroxylation sites is 1. The molecule has 1 aliphatic rings. The Labute approximate surface area is 186 Å². The minimum Gasteiger partial charge on any atom is -0.497 e. The predicted molar refractivity (Wildman–Crippen MR) is 128 cm³/mol. The minimum atomic E-state index is 0.191. The third-order valence-electron chi connectivity index (χ3n) is 6.62. The average Bonchev–Trinajstić information content (AvgIpc) is 3.19. The summed E-state index contributed by atoms with van der Waals surface area (Å²) in [6.45, 7) is 4.47. The molecule has 3 aromatic rings. The number of methoxy groups -OCH3 is 2. The van der Waals surface area contributed by atoms with Gasteiger partial charge in [0.2, 0.25) is 0 Å². The van der Waals surface area contributed by atoms with Crippen molar-refractivity contribution < 1.29 is 9.47 Å². The maximum Gasteiger partial charge on any atom is 0.122 e. The highest BCUT2D eigenvalue weighted by molar-refractivity contribution is 5.85. The quantitative estimate of drug-likeness (QED) is 0.381. The van der Waals surface area contributed by atoms with Crippen molar-refractivity contribution in [3.63, 3.8) is 0 Å². The molecule has 2 aromatic carbocycles. The first-order valence-electron chi connectivity index (χ1n) is 11.8. The molecule has 0 radical (unpaired) electrons. The summed E-state index contributed by atoms with van der Waals surface area (Å²) in [4.78, 5) is 6.41. The van der Waals surface area contributed by atoms with Crippen molar-refractivity contribution in [3.8, 4) is 11.5 Å². The number of nitrogens with zero attached hydrogens (tertiary/aromatic N) is 1. The molecule has 1 atom stereocenters. The zero-order valence-corrected chi connectivity index (χ0v) is 19.2. The van der Waals surface area contributed by atoms with Crippen LogP contribution in [-0.2, 0) is 6.42 Å². The average molecular weight is 421 g/mol. The van der Waals surface area contributed by atoms with Gasteiger partial charge in [-0.1, -0.05) is 57.2 Å². The molecular formula is C27H36N2O2. The normalized spacial score (nSPS) is 16.4. The van der Waals surface area contributed by atoms with Crippen LogP contribution in [-0.4, -0.2) is 37.2 Å². The van der Waals surface area contributed by atoms with E-state index in [2.05, 4.69) is 53.2 Å². The SMILES string of the molecule is CCCCCCCCN1CCc2c([nH]c3ccccc23)C1c1cc(OC)cc(OC)c1. The lowest BCUT2D eigenvalue weighted by atomic mass is 9.91. The Morgan fingerprint density at radius 2 is 1.65 bits per heavy atom. The number of aromatic nitrogens is 1. The number of hydrogen-bond donors (Lipinski definition) is 1. The van der Waals surface area contributed by atoms with Gasteiger partial charge in [0.15, 0.2) is 0 Å². The highest BCUT2D eigenvalue weighted by Gasteiger charge is 2.32. The summed E-state index contributed by atoms with van der Waals surface area (Å²) in [5.74, 6) is 1.69. The Kier molecular flexibility index (Phi) is 7.18. The van der Waals surface area contributed by atoms with Crippen LogP contribution in [0, 0.1) is 0 Å². The van der Waals surface area contributed by atoms with Crippen LogP contribution in [0.1, 0.15) is 68.3 Å². The summed E-state index contributed by atoms with van der Waals surface area (Å²) in [6.07, 6.45) is 9.01. The monoisotopic (exact) mass is 420 g/mol. The van der Waals surface area contributed by atoms with Crippen LogP contribution in [0.15, 0.2) is 42.5 Å². The summed E-state index contributed by atoms with van der Waals surface area (Å²) < 4.78 is 11.2. The van der Waals surface area contributed by atoms with E-state index in [1.165, 1.54) is 66.2 Å². The van der Waals surface area contributed by atoms with Crippen LogP contribution >= 0.6 is 0 Å². The van der Waals surface area contributed by atoms with E-state index in [0.29, 0.717) is 0 Å². The lowest BCUT2D eigenvalue weighted by Crippen LogP contribution is -2.36. The molecule has 31 heavy (non-hydrogen) atoms. The first kappa shape index (κ1) is 21.8. The molecular weight excluding hydrogens is 384 g/mol. The van der Waals surface area contributed by atoms with Crippen LogP contribution in [0.2, 0.25) is 0 Å². The zero-order valence-electron chi connectivity index (χ0n) is 19.2. The third kappa shape index (κ3) is 4.74. The maximum atomic E-state index is 5.60. The number of nitrogens with one attached hydrogen (secondary N) is 1. The van der Waals surface area contributed by atoms with Crippen molar-refractivity contribution in [2.24, 2.45) is 0 Å². The number of unbranched alkanes of at least 4 members (excludes halogenated alkanes) is 5. The summed E-state index contributed by atoms with van der Waals surface area (Å²) in [5.41, 5.74) is 5.25. The first-order chi connectivity index (χ1) is 15.2. The van der Waals surface area contributed by atoms with Gasteiger partial charge in [0.1, 0.15) is 11.5 Å². The lowest BCUT2D eigenvalue weighted by Gasteiger charge is -2.36. The summed E-state index contributed by atoms with van der Waals surface area (Å²) in [7, 11) is 3.45. The highest BCUT2D eigenvalue weighted by atomic mass is 16.5. The fourth-order valence-corrected chi connectivity index (χ4v) is 4.99. The third-order valence-corrected chi connectivity index (χ3v) is 6.62. The van der Waals surface area contributed by atoms with Gasteiger partial charge in [-0.3, -0.25) is 4.90 Å². The second-order valence-corrected chi connectivity index (χ2v) is 8.67. The number of H-pyrrole nitrogens is 1. The van der Waals surface area contributed by atoms with Gasteiger partial charge in [0.05, 0.1) is 20.3 Å². The molecule has 0 aliphatic carbocycles. The van der Waals surface area contributed by atoms with Gasteiger partial charge in [-0.25, -0.2) is 0 Å². The van der Waals surface area contributed by atoms with E-state index in [1.54, 1.807) is 14.2 Å². The number of benzene rings is 2. The Morgan fingerprint density at radius 3 is 2.39 bits per heavy atom. The number of hydrogen-bond acceptors (Lipinski definition) is 3. The van der Waals surface area contributed by atoms with Gasteiger partial charge in [-0.05, 0) is 48.7 Å². The number of aromatic amines is 1. The lowest BCUT2D eigenvalue weighted by molar-refractivity contribution is 0.205. The van der Waals surface area contributed by atoms with Crippen molar-refractivity contribution >= 4 is 10.9 Å². The second-order valence-electron chi connectivity index (χ2n) is 8.67. The van der Waals surface area contributed by atoms with Crippen molar-refractivity contribution in [3.05, 3.63) is 59.3 Å². The van der Waals surface area contributed by atoms with Gasteiger partial charge >= 0.3 is 0 Å². The molecule has 1 aromatic heterocycles. The van der Waals surface area contributed by atoms with Crippen LogP contribution in [0.5, 0.6) is 11.5 Å². The molecule has 0 bridgehead atoms. The summed E-state index contributed by atoms with van der Waals surface area (Å²) >= 11 is 0. The van der Waals surface area contributed by atoms with Gasteiger partial charge in [-0.2, -0.15) is 0 Å². The van der Waals surface area contributed by atoms with E-state index in [1.807, 2.05) is 6.07 Å². The molecule has 166 valence electrons. The molecule has 4 heteroatoms. The molecule has 0 amide bonds. The minimum absolute atomic E-state index is 0.191. The molecule has 4 rings (SSSR count). The zero-order chi connectivity index (χ0) is 21.6. The van der Waals surface area contributed by atoms with Crippen molar-refractivity contribution in [2.75, 3.05) is 27.3 Å². The van der Waals surface area contributed by atoms with E-state index < -0.39 is 0 Å². The van der Waals surface area contributed by atoms with E-state index >= 15 is 0 Å². The number of rotatable bonds is 10.